The molecule has 316 valence electrons. The molecule has 0 rings (SSSR count). The van der Waals surface area contributed by atoms with Gasteiger partial charge in [-0.05, 0) is 64.2 Å². The van der Waals surface area contributed by atoms with Crippen molar-refractivity contribution in [3.05, 3.63) is 85.1 Å². The molecule has 2 unspecified atom stereocenters. The molecule has 55 heavy (non-hydrogen) atoms. The van der Waals surface area contributed by atoms with Crippen LogP contribution in [0.3, 0.4) is 0 Å². The van der Waals surface area contributed by atoms with Crippen LogP contribution < -0.4 is 5.73 Å². The monoisotopic (exact) mass is 790 g/mol. The number of phosphoric acid groups is 1. The SMILES string of the molecule is CC/C=C\C/C=C\C/C=C\C/C=C\C/C=C\C/C=C\C/C=C\CCCC(=O)OC(COCCCCCCCCCCCCCCC)COP(=O)(O)OCCN. The van der Waals surface area contributed by atoms with Gasteiger partial charge in [0.05, 0.1) is 19.8 Å². The topological polar surface area (TPSA) is 117 Å². The molecule has 0 aliphatic carbocycles. The van der Waals surface area contributed by atoms with Gasteiger partial charge < -0.3 is 20.1 Å². The quantitative estimate of drug-likeness (QED) is 0.0273. The summed E-state index contributed by atoms with van der Waals surface area (Å²) in [5.74, 6) is -0.390. The minimum Gasteiger partial charge on any atom is -0.457 e. The summed E-state index contributed by atoms with van der Waals surface area (Å²) in [6.45, 7) is 4.71. The molecular weight excluding hydrogens is 709 g/mol. The van der Waals surface area contributed by atoms with Gasteiger partial charge in [-0.2, -0.15) is 0 Å². The highest BCUT2D eigenvalue weighted by atomic mass is 31.2. The summed E-state index contributed by atoms with van der Waals surface area (Å²) in [5.41, 5.74) is 5.36. The summed E-state index contributed by atoms with van der Waals surface area (Å²) >= 11 is 0. The Hall–Kier alpha value is -2.32. The first-order valence-corrected chi connectivity index (χ1v) is 23.1. The second-order valence-corrected chi connectivity index (χ2v) is 15.3. The van der Waals surface area contributed by atoms with E-state index in [0.29, 0.717) is 13.0 Å². The van der Waals surface area contributed by atoms with Crippen molar-refractivity contribution in [3.63, 3.8) is 0 Å². The molecule has 2 atom stereocenters. The van der Waals surface area contributed by atoms with Crippen molar-refractivity contribution in [1.29, 1.82) is 0 Å². The molecule has 8 nitrogen and oxygen atoms in total. The van der Waals surface area contributed by atoms with Crippen LogP contribution in [0, 0.1) is 0 Å². The van der Waals surface area contributed by atoms with E-state index >= 15 is 0 Å². The summed E-state index contributed by atoms with van der Waals surface area (Å²) in [5, 5.41) is 0. The van der Waals surface area contributed by atoms with Gasteiger partial charge in [0.2, 0.25) is 0 Å². The Kier molecular flexibility index (Phi) is 41.0. The molecule has 0 aromatic heterocycles. The summed E-state index contributed by atoms with van der Waals surface area (Å²) in [4.78, 5) is 22.4. The van der Waals surface area contributed by atoms with Crippen molar-refractivity contribution < 1.29 is 32.8 Å². The molecule has 0 radical (unpaired) electrons. The Balaban J connectivity index is 4.17. The molecule has 0 aliphatic rings. The van der Waals surface area contributed by atoms with E-state index in [2.05, 4.69) is 98.9 Å². The summed E-state index contributed by atoms with van der Waals surface area (Å²) in [7, 11) is -4.29. The van der Waals surface area contributed by atoms with Crippen LogP contribution in [-0.4, -0.2) is 49.9 Å². The van der Waals surface area contributed by atoms with Crippen LogP contribution in [0.1, 0.15) is 162 Å². The van der Waals surface area contributed by atoms with Crippen LogP contribution in [-0.2, 0) is 27.9 Å². The van der Waals surface area contributed by atoms with Crippen LogP contribution in [0.15, 0.2) is 85.1 Å². The smallest absolute Gasteiger partial charge is 0.457 e. The fourth-order valence-electron chi connectivity index (χ4n) is 5.46. The van der Waals surface area contributed by atoms with Gasteiger partial charge in [0, 0.05) is 19.6 Å². The Labute approximate surface area is 337 Å². The third-order valence-corrected chi connectivity index (χ3v) is 9.56. The predicted octanol–water partition coefficient (Wildman–Crippen LogP) is 12.9. The Morgan fingerprint density at radius 1 is 0.564 bits per heavy atom. The van der Waals surface area contributed by atoms with Crippen LogP contribution in [0.2, 0.25) is 0 Å². The molecule has 0 saturated carbocycles. The van der Waals surface area contributed by atoms with Crippen LogP contribution in [0.4, 0.5) is 0 Å². The van der Waals surface area contributed by atoms with Crippen molar-refractivity contribution in [2.24, 2.45) is 5.73 Å². The largest absolute Gasteiger partial charge is 0.472 e. The van der Waals surface area contributed by atoms with Crippen molar-refractivity contribution in [1.82, 2.24) is 0 Å². The summed E-state index contributed by atoms with van der Waals surface area (Å²) in [6.07, 6.45) is 54.6. The van der Waals surface area contributed by atoms with Gasteiger partial charge in [0.1, 0.15) is 6.10 Å². The number of hydrogen-bond acceptors (Lipinski definition) is 7. The standard InChI is InChI=1S/C46H80NO7P/c1-3-5-7-9-11-13-15-17-18-19-20-21-22-23-24-25-26-27-29-31-33-35-37-39-46(48)54-45(44-53-55(49,50)52-42-40-47)43-51-41-38-36-34-32-30-28-16-14-12-10-8-6-4-2/h5,7,11,13,17-18,20-21,23-24,26-27,31,33,45H,3-4,6,8-10,12,14-16,19,22,25,28-30,32,34-44,47H2,1-2H3,(H,49,50)/b7-5-,13-11-,18-17-,21-20-,24-23-,27-26-,33-31-. The number of rotatable bonds is 40. The summed E-state index contributed by atoms with van der Waals surface area (Å²) < 4.78 is 33.3. The lowest BCUT2D eigenvalue weighted by Crippen LogP contribution is -2.28. The molecule has 0 spiro atoms. The summed E-state index contributed by atoms with van der Waals surface area (Å²) in [6, 6.07) is 0. The maximum Gasteiger partial charge on any atom is 0.472 e. The molecule has 0 bridgehead atoms. The van der Waals surface area contributed by atoms with Gasteiger partial charge in [-0.25, -0.2) is 4.57 Å². The minimum atomic E-state index is -4.29. The molecule has 0 aromatic carbocycles. The van der Waals surface area contributed by atoms with E-state index in [1.54, 1.807) is 0 Å². The van der Waals surface area contributed by atoms with Crippen molar-refractivity contribution in [3.8, 4) is 0 Å². The van der Waals surface area contributed by atoms with E-state index in [4.69, 9.17) is 24.3 Å². The van der Waals surface area contributed by atoms with Gasteiger partial charge in [-0.3, -0.25) is 13.8 Å². The van der Waals surface area contributed by atoms with E-state index in [0.717, 1.165) is 64.2 Å². The molecular formula is C46H80NO7P. The van der Waals surface area contributed by atoms with Gasteiger partial charge >= 0.3 is 13.8 Å². The number of phosphoric ester groups is 1. The molecule has 0 amide bonds. The van der Waals surface area contributed by atoms with Gasteiger partial charge in [-0.1, -0.05) is 176 Å². The zero-order valence-electron chi connectivity index (χ0n) is 34.9. The van der Waals surface area contributed by atoms with E-state index in [1.807, 2.05) is 0 Å². The normalized spacial score (nSPS) is 14.3. The Morgan fingerprint density at radius 2 is 1.00 bits per heavy atom. The highest BCUT2D eigenvalue weighted by molar-refractivity contribution is 7.47. The highest BCUT2D eigenvalue weighted by Crippen LogP contribution is 2.43. The van der Waals surface area contributed by atoms with Crippen molar-refractivity contribution >= 4 is 13.8 Å². The van der Waals surface area contributed by atoms with Gasteiger partial charge in [0.15, 0.2) is 0 Å². The molecule has 0 aromatic rings. The third kappa shape index (κ3) is 42.7. The van der Waals surface area contributed by atoms with E-state index < -0.39 is 13.9 Å². The van der Waals surface area contributed by atoms with E-state index in [-0.39, 0.29) is 38.8 Å². The highest BCUT2D eigenvalue weighted by Gasteiger charge is 2.25. The number of carbonyl (C=O) groups is 1. The number of esters is 1. The zero-order chi connectivity index (χ0) is 40.2. The lowest BCUT2D eigenvalue weighted by atomic mass is 10.0. The van der Waals surface area contributed by atoms with Crippen molar-refractivity contribution in [2.45, 2.75) is 168 Å². The van der Waals surface area contributed by atoms with E-state index in [1.165, 1.54) is 70.6 Å². The molecule has 0 heterocycles. The number of ether oxygens (including phenoxy) is 2. The third-order valence-electron chi connectivity index (χ3n) is 8.58. The second-order valence-electron chi connectivity index (χ2n) is 13.8. The van der Waals surface area contributed by atoms with E-state index in [9.17, 15) is 14.3 Å². The fourth-order valence-corrected chi connectivity index (χ4v) is 6.22. The van der Waals surface area contributed by atoms with Crippen molar-refractivity contribution in [2.75, 3.05) is 33.0 Å². The molecule has 0 fully saturated rings. The van der Waals surface area contributed by atoms with Crippen LogP contribution >= 0.6 is 7.82 Å². The van der Waals surface area contributed by atoms with Crippen LogP contribution in [0.5, 0.6) is 0 Å². The second kappa shape index (κ2) is 42.8. The van der Waals surface area contributed by atoms with Gasteiger partial charge in [0.25, 0.3) is 0 Å². The first-order valence-electron chi connectivity index (χ1n) is 21.6. The Bertz CT molecular complexity index is 1110. The fraction of sp³-hybridized carbons (Fsp3) is 0.674. The predicted molar refractivity (Wildman–Crippen MR) is 233 cm³/mol. The number of nitrogens with two attached hydrogens (primary N) is 1. The average Bonchev–Trinajstić information content (AvgIpc) is 3.17. The lowest BCUT2D eigenvalue weighted by molar-refractivity contribution is -0.154. The molecule has 9 heteroatoms. The number of allylic oxidation sites excluding steroid dienone is 14. The number of carbonyl (C=O) groups excluding carboxylic acids is 1. The van der Waals surface area contributed by atoms with Crippen LogP contribution in [0.25, 0.3) is 0 Å². The molecule has 0 saturated heterocycles. The number of hydrogen-bond donors (Lipinski definition) is 2. The maximum atomic E-state index is 12.6. The molecule has 0 aliphatic heterocycles. The first kappa shape index (κ1) is 52.7. The zero-order valence-corrected chi connectivity index (χ0v) is 35.8. The van der Waals surface area contributed by atoms with Gasteiger partial charge in [-0.15, -0.1) is 0 Å². The lowest BCUT2D eigenvalue weighted by Gasteiger charge is -2.20. The number of unbranched alkanes of at least 4 members (excludes halogenated alkanes) is 13. The average molecular weight is 790 g/mol. The molecule has 3 N–H and O–H groups in total. The first-order chi connectivity index (χ1) is 26.9. The maximum absolute atomic E-state index is 12.6. The minimum absolute atomic E-state index is 0.0877. The Morgan fingerprint density at radius 3 is 1.45 bits per heavy atom.